The van der Waals surface area contributed by atoms with Crippen LogP contribution in [0, 0.1) is 17.8 Å². The van der Waals surface area contributed by atoms with Gasteiger partial charge in [-0.1, -0.05) is 39.0 Å². The van der Waals surface area contributed by atoms with E-state index < -0.39 is 0 Å². The fourth-order valence-corrected chi connectivity index (χ4v) is 3.89. The van der Waals surface area contributed by atoms with E-state index in [-0.39, 0.29) is 0 Å². The Morgan fingerprint density at radius 3 is 2.65 bits per heavy atom. The highest BCUT2D eigenvalue weighted by atomic mass is 16.5. The van der Waals surface area contributed by atoms with Crippen LogP contribution in [-0.4, -0.2) is 12.6 Å². The summed E-state index contributed by atoms with van der Waals surface area (Å²) in [7, 11) is 0. The van der Waals surface area contributed by atoms with Gasteiger partial charge >= 0.3 is 0 Å². The summed E-state index contributed by atoms with van der Waals surface area (Å²) in [4.78, 5) is 0. The second kappa shape index (κ2) is 5.77. The predicted octanol–water partition coefficient (Wildman–Crippen LogP) is 4.17. The summed E-state index contributed by atoms with van der Waals surface area (Å²) in [5.41, 5.74) is 1.34. The quantitative estimate of drug-likeness (QED) is 0.873. The minimum atomic E-state index is 0.445. The maximum absolute atomic E-state index is 5.86. The van der Waals surface area contributed by atoms with E-state index in [2.05, 4.69) is 50.4 Å². The molecule has 3 rings (SSSR count). The van der Waals surface area contributed by atoms with Crippen LogP contribution in [0.4, 0.5) is 0 Å². The van der Waals surface area contributed by atoms with Crippen molar-refractivity contribution in [2.24, 2.45) is 17.8 Å². The molecular weight excluding hydrogens is 246 g/mol. The van der Waals surface area contributed by atoms with Gasteiger partial charge in [0.05, 0.1) is 6.61 Å². The molecular formula is C18H27NO. The topological polar surface area (TPSA) is 21.3 Å². The molecule has 1 aliphatic heterocycles. The molecule has 0 spiro atoms. The molecule has 2 nitrogen and oxygen atoms in total. The van der Waals surface area contributed by atoms with Crippen LogP contribution in [-0.2, 0) is 0 Å². The fraction of sp³-hybridized carbons (Fsp3) is 0.667. The molecule has 1 fully saturated rings. The zero-order chi connectivity index (χ0) is 14.1. The monoisotopic (exact) mass is 273 g/mol. The lowest BCUT2D eigenvalue weighted by atomic mass is 9.78. The first-order chi connectivity index (χ1) is 9.65. The van der Waals surface area contributed by atoms with Crippen molar-refractivity contribution in [2.45, 2.75) is 52.1 Å². The molecule has 1 heterocycles. The molecule has 1 saturated carbocycles. The molecule has 1 aliphatic carbocycles. The Kier molecular flexibility index (Phi) is 4.02. The summed E-state index contributed by atoms with van der Waals surface area (Å²) in [5.74, 6) is 3.28. The number of hydrogen-bond acceptors (Lipinski definition) is 2. The van der Waals surface area contributed by atoms with Crippen molar-refractivity contribution in [2.75, 3.05) is 6.61 Å². The van der Waals surface area contributed by atoms with Crippen molar-refractivity contribution in [3.63, 3.8) is 0 Å². The average Bonchev–Trinajstić information content (AvgIpc) is 2.44. The second-order valence-electron chi connectivity index (χ2n) is 6.97. The molecule has 2 aliphatic rings. The van der Waals surface area contributed by atoms with Crippen molar-refractivity contribution in [3.05, 3.63) is 29.8 Å². The molecule has 0 amide bonds. The summed E-state index contributed by atoms with van der Waals surface area (Å²) in [6, 6.07) is 9.62. The molecule has 5 unspecified atom stereocenters. The lowest BCUT2D eigenvalue weighted by Crippen LogP contribution is -2.45. The van der Waals surface area contributed by atoms with Gasteiger partial charge in [-0.05, 0) is 37.2 Å². The van der Waals surface area contributed by atoms with Crippen LogP contribution in [0.2, 0.25) is 0 Å². The molecule has 0 saturated heterocycles. The molecule has 20 heavy (non-hydrogen) atoms. The molecule has 1 aromatic rings. The van der Waals surface area contributed by atoms with Gasteiger partial charge in [0, 0.05) is 23.6 Å². The normalized spacial score (nSPS) is 37.0. The molecule has 0 aromatic heterocycles. The van der Waals surface area contributed by atoms with Crippen molar-refractivity contribution >= 4 is 0 Å². The maximum Gasteiger partial charge on any atom is 0.124 e. The van der Waals surface area contributed by atoms with Crippen LogP contribution in [0.15, 0.2) is 24.3 Å². The van der Waals surface area contributed by atoms with Gasteiger partial charge in [0.15, 0.2) is 0 Å². The van der Waals surface area contributed by atoms with Gasteiger partial charge in [0.25, 0.3) is 0 Å². The van der Waals surface area contributed by atoms with E-state index in [1.165, 1.54) is 24.8 Å². The number of fused-ring (bicyclic) bond motifs is 1. The number of nitrogens with one attached hydrogen (secondary N) is 1. The number of ether oxygens (including phenoxy) is 1. The van der Waals surface area contributed by atoms with E-state index in [1.807, 2.05) is 0 Å². The third-order valence-electron chi connectivity index (χ3n) is 5.15. The number of benzene rings is 1. The highest BCUT2D eigenvalue weighted by Gasteiger charge is 2.32. The van der Waals surface area contributed by atoms with E-state index in [0.717, 1.165) is 24.2 Å². The summed E-state index contributed by atoms with van der Waals surface area (Å²) in [6.45, 7) is 7.91. The lowest BCUT2D eigenvalue weighted by molar-refractivity contribution is 0.149. The standard InChI is InChI=1S/C18H27NO/c1-12-8-9-16(13(2)10-12)19-18-14(3)11-20-17-7-5-4-6-15(17)18/h4-7,12-14,16,18-19H,8-11H2,1-3H3. The van der Waals surface area contributed by atoms with Crippen LogP contribution in [0.1, 0.15) is 51.6 Å². The van der Waals surface area contributed by atoms with Gasteiger partial charge in [-0.25, -0.2) is 0 Å². The number of rotatable bonds is 2. The second-order valence-corrected chi connectivity index (χ2v) is 6.97. The van der Waals surface area contributed by atoms with Gasteiger partial charge in [-0.15, -0.1) is 0 Å². The number of para-hydroxylation sites is 1. The third kappa shape index (κ3) is 2.71. The zero-order valence-electron chi connectivity index (χ0n) is 12.9. The van der Waals surface area contributed by atoms with Crippen molar-refractivity contribution < 1.29 is 4.74 Å². The van der Waals surface area contributed by atoms with E-state index in [9.17, 15) is 0 Å². The summed E-state index contributed by atoms with van der Waals surface area (Å²) < 4.78 is 5.86. The molecule has 5 atom stereocenters. The smallest absolute Gasteiger partial charge is 0.124 e. The first-order valence-corrected chi connectivity index (χ1v) is 8.13. The Morgan fingerprint density at radius 2 is 1.85 bits per heavy atom. The SMILES string of the molecule is CC1CCC(NC2c3ccccc3OCC2C)C(C)C1. The molecule has 0 radical (unpaired) electrons. The third-order valence-corrected chi connectivity index (χ3v) is 5.15. The Labute approximate surface area is 122 Å². The predicted molar refractivity (Wildman–Crippen MR) is 82.9 cm³/mol. The highest BCUT2D eigenvalue weighted by molar-refractivity contribution is 5.38. The van der Waals surface area contributed by atoms with E-state index in [4.69, 9.17) is 4.74 Å². The van der Waals surface area contributed by atoms with Crippen LogP contribution < -0.4 is 10.1 Å². The largest absolute Gasteiger partial charge is 0.493 e. The molecule has 1 N–H and O–H groups in total. The summed E-state index contributed by atoms with van der Waals surface area (Å²) >= 11 is 0. The van der Waals surface area contributed by atoms with Crippen LogP contribution in [0.25, 0.3) is 0 Å². The number of hydrogen-bond donors (Lipinski definition) is 1. The van der Waals surface area contributed by atoms with Crippen LogP contribution >= 0.6 is 0 Å². The van der Waals surface area contributed by atoms with Gasteiger partial charge in [0.1, 0.15) is 5.75 Å². The highest BCUT2D eigenvalue weighted by Crippen LogP contribution is 2.37. The minimum Gasteiger partial charge on any atom is -0.493 e. The van der Waals surface area contributed by atoms with E-state index in [0.29, 0.717) is 18.0 Å². The molecule has 1 aromatic carbocycles. The summed E-state index contributed by atoms with van der Waals surface area (Å²) in [6.07, 6.45) is 4.03. The first-order valence-electron chi connectivity index (χ1n) is 8.13. The minimum absolute atomic E-state index is 0.445. The Hall–Kier alpha value is -1.02. The van der Waals surface area contributed by atoms with E-state index in [1.54, 1.807) is 0 Å². The Bertz CT molecular complexity index is 458. The molecule has 110 valence electrons. The average molecular weight is 273 g/mol. The van der Waals surface area contributed by atoms with Gasteiger partial charge in [0.2, 0.25) is 0 Å². The summed E-state index contributed by atoms with van der Waals surface area (Å²) in [5, 5.41) is 3.95. The zero-order valence-corrected chi connectivity index (χ0v) is 12.9. The Balaban J connectivity index is 1.76. The molecule has 2 heteroatoms. The van der Waals surface area contributed by atoms with Crippen molar-refractivity contribution in [3.8, 4) is 5.75 Å². The fourth-order valence-electron chi connectivity index (χ4n) is 3.89. The lowest BCUT2D eigenvalue weighted by Gasteiger charge is -2.40. The van der Waals surface area contributed by atoms with Gasteiger partial charge < -0.3 is 10.1 Å². The van der Waals surface area contributed by atoms with Crippen molar-refractivity contribution in [1.29, 1.82) is 0 Å². The van der Waals surface area contributed by atoms with Gasteiger partial charge in [-0.3, -0.25) is 0 Å². The van der Waals surface area contributed by atoms with E-state index >= 15 is 0 Å². The van der Waals surface area contributed by atoms with Crippen molar-refractivity contribution in [1.82, 2.24) is 5.32 Å². The van der Waals surface area contributed by atoms with Crippen LogP contribution in [0.3, 0.4) is 0 Å². The Morgan fingerprint density at radius 1 is 1.05 bits per heavy atom. The van der Waals surface area contributed by atoms with Crippen LogP contribution in [0.5, 0.6) is 5.75 Å². The first kappa shape index (κ1) is 13.9. The van der Waals surface area contributed by atoms with Gasteiger partial charge in [-0.2, -0.15) is 0 Å². The molecule has 0 bridgehead atoms. The maximum atomic E-state index is 5.86.